The first-order valence-corrected chi connectivity index (χ1v) is 7.32. The van der Waals surface area contributed by atoms with Crippen molar-refractivity contribution in [1.82, 2.24) is 0 Å². The molecular formula is C18H23N2O2+. The number of aromatic nitrogens is 1. The average molecular weight is 299 g/mol. The molecule has 22 heavy (non-hydrogen) atoms. The van der Waals surface area contributed by atoms with E-state index in [9.17, 15) is 5.11 Å². The number of anilines is 1. The van der Waals surface area contributed by atoms with Gasteiger partial charge in [-0.15, -0.1) is 0 Å². The van der Waals surface area contributed by atoms with E-state index >= 15 is 0 Å². The summed E-state index contributed by atoms with van der Waals surface area (Å²) in [7, 11) is 4.05. The van der Waals surface area contributed by atoms with E-state index in [1.165, 1.54) is 5.69 Å². The molecule has 2 rings (SSSR count). The molecule has 0 saturated heterocycles. The first-order valence-electron chi connectivity index (χ1n) is 7.32. The fraction of sp³-hybridized carbons (Fsp3) is 0.278. The molecule has 116 valence electrons. The molecule has 0 aliphatic heterocycles. The maximum Gasteiger partial charge on any atom is 0.176 e. The van der Waals surface area contributed by atoms with Crippen molar-refractivity contribution in [3.05, 3.63) is 59.9 Å². The van der Waals surface area contributed by atoms with Gasteiger partial charge in [-0.3, -0.25) is 0 Å². The Balaban J connectivity index is 2.00. The molecule has 0 fully saturated rings. The molecule has 0 saturated carbocycles. The average Bonchev–Trinajstić information content (AvgIpc) is 2.54. The fourth-order valence-electron chi connectivity index (χ4n) is 2.08. The van der Waals surface area contributed by atoms with Gasteiger partial charge in [0, 0.05) is 31.9 Å². The minimum Gasteiger partial charge on any atom is -0.393 e. The van der Waals surface area contributed by atoms with Gasteiger partial charge in [0.25, 0.3) is 0 Å². The van der Waals surface area contributed by atoms with Gasteiger partial charge >= 0.3 is 0 Å². The standard InChI is InChI=1S/C18H23N2O2/c1-19(2)17-7-5-15(6-8-17)3-4-16-9-11-20(12-10-16)13-18(22)14-21/h3-12,18,21-22H,13-14H2,1-2H3/q+1/t18-/m1/s1. The van der Waals surface area contributed by atoms with Crippen LogP contribution in [0.2, 0.25) is 0 Å². The number of pyridine rings is 1. The second-order valence-electron chi connectivity index (χ2n) is 5.48. The lowest BCUT2D eigenvalue weighted by atomic mass is 10.1. The van der Waals surface area contributed by atoms with Crippen LogP contribution in [0.1, 0.15) is 11.1 Å². The van der Waals surface area contributed by atoms with Crippen LogP contribution in [0.3, 0.4) is 0 Å². The summed E-state index contributed by atoms with van der Waals surface area (Å²) in [5, 5.41) is 18.2. The summed E-state index contributed by atoms with van der Waals surface area (Å²) >= 11 is 0. The number of hydrogen-bond donors (Lipinski definition) is 2. The van der Waals surface area contributed by atoms with Crippen molar-refractivity contribution in [2.24, 2.45) is 0 Å². The van der Waals surface area contributed by atoms with Crippen molar-refractivity contribution in [3.63, 3.8) is 0 Å². The zero-order chi connectivity index (χ0) is 15.9. The van der Waals surface area contributed by atoms with Crippen LogP contribution in [0.15, 0.2) is 48.8 Å². The third kappa shape index (κ3) is 4.69. The molecule has 0 unspecified atom stereocenters. The highest BCUT2D eigenvalue weighted by atomic mass is 16.3. The normalized spacial score (nSPS) is 12.5. The SMILES string of the molecule is CN(C)c1ccc(/C=C/c2cc[n+](C[C@@H](O)CO)cc2)cc1. The van der Waals surface area contributed by atoms with Crippen LogP contribution in [0.5, 0.6) is 0 Å². The zero-order valence-corrected chi connectivity index (χ0v) is 13.1. The molecule has 1 aromatic carbocycles. The van der Waals surface area contributed by atoms with Crippen LogP contribution in [-0.2, 0) is 6.54 Å². The largest absolute Gasteiger partial charge is 0.393 e. The predicted molar refractivity (Wildman–Crippen MR) is 89.4 cm³/mol. The van der Waals surface area contributed by atoms with Gasteiger partial charge in [0.05, 0.1) is 6.61 Å². The Morgan fingerprint density at radius 2 is 1.55 bits per heavy atom. The van der Waals surface area contributed by atoms with Gasteiger partial charge in [0.1, 0.15) is 6.10 Å². The summed E-state index contributed by atoms with van der Waals surface area (Å²) in [6, 6.07) is 12.3. The minimum atomic E-state index is -0.721. The second kappa shape index (κ2) is 7.73. The van der Waals surface area contributed by atoms with E-state index in [0.29, 0.717) is 6.54 Å². The summed E-state index contributed by atoms with van der Waals surface area (Å²) in [5.74, 6) is 0. The summed E-state index contributed by atoms with van der Waals surface area (Å²) in [4.78, 5) is 2.07. The molecule has 2 N–H and O–H groups in total. The molecule has 2 aromatic rings. The van der Waals surface area contributed by atoms with Crippen LogP contribution in [0.25, 0.3) is 12.2 Å². The van der Waals surface area contributed by atoms with Crippen molar-refractivity contribution in [1.29, 1.82) is 0 Å². The molecule has 1 atom stereocenters. The molecule has 0 amide bonds. The van der Waals surface area contributed by atoms with E-state index in [4.69, 9.17) is 5.11 Å². The van der Waals surface area contributed by atoms with Gasteiger partial charge in [-0.25, -0.2) is 4.57 Å². The Kier molecular flexibility index (Phi) is 5.69. The second-order valence-corrected chi connectivity index (χ2v) is 5.48. The first kappa shape index (κ1) is 16.2. The lowest BCUT2D eigenvalue weighted by molar-refractivity contribution is -0.703. The Hall–Kier alpha value is -2.17. The van der Waals surface area contributed by atoms with Gasteiger partial charge in [-0.1, -0.05) is 24.3 Å². The smallest absolute Gasteiger partial charge is 0.176 e. The highest BCUT2D eigenvalue weighted by Gasteiger charge is 2.08. The Bertz CT molecular complexity index is 604. The van der Waals surface area contributed by atoms with Gasteiger partial charge in [0.2, 0.25) is 0 Å². The monoisotopic (exact) mass is 299 g/mol. The third-order valence-electron chi connectivity index (χ3n) is 3.43. The zero-order valence-electron chi connectivity index (χ0n) is 13.1. The van der Waals surface area contributed by atoms with Crippen LogP contribution >= 0.6 is 0 Å². The van der Waals surface area contributed by atoms with Gasteiger partial charge in [0.15, 0.2) is 18.9 Å². The molecule has 1 heterocycles. The van der Waals surface area contributed by atoms with Crippen molar-refractivity contribution >= 4 is 17.8 Å². The topological polar surface area (TPSA) is 47.6 Å². The Labute approximate surface area is 131 Å². The van der Waals surface area contributed by atoms with Gasteiger partial charge in [-0.2, -0.15) is 0 Å². The Morgan fingerprint density at radius 3 is 2.05 bits per heavy atom. The number of rotatable bonds is 6. The molecule has 4 nitrogen and oxygen atoms in total. The van der Waals surface area contributed by atoms with Crippen molar-refractivity contribution < 1.29 is 14.8 Å². The van der Waals surface area contributed by atoms with Crippen molar-refractivity contribution in [2.45, 2.75) is 12.6 Å². The number of nitrogens with zero attached hydrogens (tertiary/aromatic N) is 2. The van der Waals surface area contributed by atoms with E-state index in [0.717, 1.165) is 11.1 Å². The fourth-order valence-corrected chi connectivity index (χ4v) is 2.08. The highest BCUT2D eigenvalue weighted by molar-refractivity contribution is 5.70. The summed E-state index contributed by atoms with van der Waals surface area (Å²) < 4.78 is 1.85. The summed E-state index contributed by atoms with van der Waals surface area (Å²) in [6.45, 7) is 0.171. The lowest BCUT2D eigenvalue weighted by Crippen LogP contribution is -2.40. The van der Waals surface area contributed by atoms with E-state index in [1.807, 2.05) is 43.2 Å². The molecule has 0 bridgehead atoms. The molecule has 0 spiro atoms. The van der Waals surface area contributed by atoms with Crippen LogP contribution in [0.4, 0.5) is 5.69 Å². The quantitative estimate of drug-likeness (QED) is 0.796. The molecule has 4 heteroatoms. The van der Waals surface area contributed by atoms with E-state index in [1.54, 1.807) is 0 Å². The maximum absolute atomic E-state index is 9.41. The maximum atomic E-state index is 9.41. The van der Waals surface area contributed by atoms with Crippen LogP contribution in [0, 0.1) is 0 Å². The van der Waals surface area contributed by atoms with Crippen molar-refractivity contribution in [3.8, 4) is 0 Å². The predicted octanol–water partition coefficient (Wildman–Crippen LogP) is 1.56. The summed E-state index contributed by atoms with van der Waals surface area (Å²) in [6.07, 6.45) is 7.20. The number of benzene rings is 1. The Morgan fingerprint density at radius 1 is 1.00 bits per heavy atom. The highest BCUT2D eigenvalue weighted by Crippen LogP contribution is 2.14. The third-order valence-corrected chi connectivity index (χ3v) is 3.43. The molecule has 0 aliphatic rings. The van der Waals surface area contributed by atoms with Gasteiger partial charge in [-0.05, 0) is 23.3 Å². The minimum absolute atomic E-state index is 0.225. The molecular weight excluding hydrogens is 276 g/mol. The molecule has 0 aliphatic carbocycles. The van der Waals surface area contributed by atoms with E-state index in [-0.39, 0.29) is 6.61 Å². The van der Waals surface area contributed by atoms with Crippen LogP contribution in [-0.4, -0.2) is 37.0 Å². The number of aliphatic hydroxyl groups is 2. The molecule has 1 aromatic heterocycles. The van der Waals surface area contributed by atoms with E-state index < -0.39 is 6.10 Å². The van der Waals surface area contributed by atoms with Crippen LogP contribution < -0.4 is 9.47 Å². The van der Waals surface area contributed by atoms with E-state index in [2.05, 4.69) is 41.3 Å². The number of hydrogen-bond acceptors (Lipinski definition) is 3. The van der Waals surface area contributed by atoms with Gasteiger partial charge < -0.3 is 15.1 Å². The first-order chi connectivity index (χ1) is 10.6. The molecule has 0 radical (unpaired) electrons. The van der Waals surface area contributed by atoms with Crippen molar-refractivity contribution in [2.75, 3.05) is 25.6 Å². The lowest BCUT2D eigenvalue weighted by Gasteiger charge is -2.11. The number of aliphatic hydroxyl groups excluding tert-OH is 2. The summed E-state index contributed by atoms with van der Waals surface area (Å²) in [5.41, 5.74) is 3.42.